The van der Waals surface area contributed by atoms with Gasteiger partial charge in [0.2, 0.25) is 0 Å². The molecule has 144 valence electrons. The lowest BCUT2D eigenvalue weighted by Gasteiger charge is -2.27. The first-order valence-corrected chi connectivity index (χ1v) is 10.6. The molecule has 0 amide bonds. The van der Waals surface area contributed by atoms with Crippen LogP contribution in [0.15, 0.2) is 12.2 Å². The maximum absolute atomic E-state index is 11.7. The molecule has 0 aromatic rings. The van der Waals surface area contributed by atoms with Crippen molar-refractivity contribution in [3.8, 4) is 0 Å². The van der Waals surface area contributed by atoms with Gasteiger partial charge in [-0.2, -0.15) is 24.4 Å². The number of hydrogen-bond acceptors (Lipinski definition) is 7. The second-order valence-corrected chi connectivity index (χ2v) is 8.14. The van der Waals surface area contributed by atoms with E-state index in [0.717, 1.165) is 29.1 Å². The summed E-state index contributed by atoms with van der Waals surface area (Å²) in [5.41, 5.74) is 0.264. The smallest absolute Gasteiger partial charge is 0.333 e. The number of esters is 2. The largest absolute Gasteiger partial charge is 0.463 e. The average Bonchev–Trinajstić information content (AvgIpc) is 2.61. The van der Waals surface area contributed by atoms with Crippen LogP contribution in [0.5, 0.6) is 0 Å². The summed E-state index contributed by atoms with van der Waals surface area (Å²) in [5.74, 6) is 3.35. The Morgan fingerprint density at radius 2 is 1.96 bits per heavy atom. The van der Waals surface area contributed by atoms with Crippen molar-refractivity contribution in [3.05, 3.63) is 12.2 Å². The van der Waals surface area contributed by atoms with E-state index in [2.05, 4.69) is 19.2 Å². The zero-order valence-electron chi connectivity index (χ0n) is 14.9. The Morgan fingerprint density at radius 1 is 1.28 bits per heavy atom. The molecule has 3 atom stereocenters. The maximum Gasteiger partial charge on any atom is 0.333 e. The standard InChI is InChI=1S/C18H30O5S2/c1-13(2)18(21)23-10-16(19)9-22-17(20)6-7-25-12-15-5-3-4-14(8-15)11-24/h14-16,19,24H,1,3-12H2,2H3. The number of aliphatic hydroxyl groups is 1. The summed E-state index contributed by atoms with van der Waals surface area (Å²) < 4.78 is 9.79. The molecule has 0 bridgehead atoms. The lowest BCUT2D eigenvalue weighted by atomic mass is 9.83. The summed E-state index contributed by atoms with van der Waals surface area (Å²) >= 11 is 6.18. The molecule has 0 aliphatic heterocycles. The molecule has 1 saturated carbocycles. The van der Waals surface area contributed by atoms with E-state index < -0.39 is 12.1 Å². The zero-order chi connectivity index (χ0) is 18.7. The van der Waals surface area contributed by atoms with E-state index in [9.17, 15) is 14.7 Å². The van der Waals surface area contributed by atoms with Crippen LogP contribution in [0.3, 0.4) is 0 Å². The van der Waals surface area contributed by atoms with Crippen LogP contribution in [0.25, 0.3) is 0 Å². The SMILES string of the molecule is C=C(C)C(=O)OCC(O)COC(=O)CCSCC1CCCC(CS)C1. The lowest BCUT2D eigenvalue weighted by Crippen LogP contribution is -2.25. The zero-order valence-corrected chi connectivity index (χ0v) is 16.7. The van der Waals surface area contributed by atoms with Crippen molar-refractivity contribution in [3.63, 3.8) is 0 Å². The van der Waals surface area contributed by atoms with Gasteiger partial charge < -0.3 is 14.6 Å². The summed E-state index contributed by atoms with van der Waals surface area (Å²) in [4.78, 5) is 22.8. The molecule has 25 heavy (non-hydrogen) atoms. The summed E-state index contributed by atoms with van der Waals surface area (Å²) in [6, 6.07) is 0. The predicted octanol–water partition coefficient (Wildman–Crippen LogP) is 2.87. The van der Waals surface area contributed by atoms with Crippen molar-refractivity contribution in [2.75, 3.05) is 30.5 Å². The van der Waals surface area contributed by atoms with Gasteiger partial charge in [0.05, 0.1) is 6.42 Å². The number of thioether (sulfide) groups is 1. The van der Waals surface area contributed by atoms with Gasteiger partial charge in [-0.1, -0.05) is 13.0 Å². The molecule has 1 rings (SSSR count). The third-order valence-corrected chi connectivity index (χ3v) is 5.86. The third kappa shape index (κ3) is 10.2. The van der Waals surface area contributed by atoms with Crippen LogP contribution in [0.2, 0.25) is 0 Å². The van der Waals surface area contributed by atoms with Crippen LogP contribution in [0, 0.1) is 11.8 Å². The van der Waals surface area contributed by atoms with E-state index in [-0.39, 0.29) is 24.8 Å². The Morgan fingerprint density at radius 3 is 2.64 bits per heavy atom. The minimum atomic E-state index is -1.01. The van der Waals surface area contributed by atoms with Gasteiger partial charge in [-0.3, -0.25) is 4.79 Å². The fourth-order valence-electron chi connectivity index (χ4n) is 2.73. The number of thiol groups is 1. The Balaban J connectivity index is 2.05. The summed E-state index contributed by atoms with van der Waals surface area (Å²) in [7, 11) is 0. The van der Waals surface area contributed by atoms with Crippen LogP contribution in [-0.4, -0.2) is 53.6 Å². The van der Waals surface area contributed by atoms with Crippen LogP contribution < -0.4 is 0 Å². The van der Waals surface area contributed by atoms with Gasteiger partial charge in [-0.25, -0.2) is 4.79 Å². The number of carbonyl (C=O) groups excluding carboxylic acids is 2. The molecule has 0 aromatic heterocycles. The molecule has 1 aliphatic rings. The van der Waals surface area contributed by atoms with Crippen LogP contribution >= 0.6 is 24.4 Å². The highest BCUT2D eigenvalue weighted by atomic mass is 32.2. The van der Waals surface area contributed by atoms with Gasteiger partial charge >= 0.3 is 11.9 Å². The Kier molecular flexibility index (Phi) is 11.3. The molecule has 1 aliphatic carbocycles. The van der Waals surface area contributed by atoms with Gasteiger partial charge in [0, 0.05) is 11.3 Å². The number of aliphatic hydroxyl groups excluding tert-OH is 1. The Bertz CT molecular complexity index is 441. The highest BCUT2D eigenvalue weighted by Crippen LogP contribution is 2.31. The third-order valence-electron chi connectivity index (χ3n) is 4.15. The van der Waals surface area contributed by atoms with E-state index in [1.54, 1.807) is 11.8 Å². The molecule has 1 fully saturated rings. The topological polar surface area (TPSA) is 72.8 Å². The van der Waals surface area contributed by atoms with Gasteiger partial charge in [0.25, 0.3) is 0 Å². The van der Waals surface area contributed by atoms with Crippen molar-refractivity contribution in [1.29, 1.82) is 0 Å². The van der Waals surface area contributed by atoms with E-state index in [0.29, 0.717) is 6.42 Å². The van der Waals surface area contributed by atoms with Crippen molar-refractivity contribution in [2.24, 2.45) is 11.8 Å². The molecule has 0 radical (unpaired) electrons. The molecule has 5 nitrogen and oxygen atoms in total. The average molecular weight is 391 g/mol. The summed E-state index contributed by atoms with van der Waals surface area (Å²) in [5, 5.41) is 9.62. The summed E-state index contributed by atoms with van der Waals surface area (Å²) in [6.07, 6.45) is 4.41. The number of carbonyl (C=O) groups is 2. The maximum atomic E-state index is 11.7. The number of hydrogen-bond donors (Lipinski definition) is 2. The number of ether oxygens (including phenoxy) is 2. The molecular weight excluding hydrogens is 360 g/mol. The Hall–Kier alpha value is -0.660. The Labute approximate surface area is 160 Å². The number of rotatable bonds is 11. The first-order valence-electron chi connectivity index (χ1n) is 8.77. The van der Waals surface area contributed by atoms with Crippen LogP contribution in [0.1, 0.15) is 39.0 Å². The van der Waals surface area contributed by atoms with Gasteiger partial charge in [0.1, 0.15) is 19.3 Å². The van der Waals surface area contributed by atoms with Gasteiger partial charge in [-0.05, 0) is 49.5 Å². The van der Waals surface area contributed by atoms with Crippen molar-refractivity contribution in [1.82, 2.24) is 0 Å². The molecule has 7 heteroatoms. The van der Waals surface area contributed by atoms with Gasteiger partial charge in [-0.15, -0.1) is 0 Å². The molecule has 0 heterocycles. The van der Waals surface area contributed by atoms with Crippen molar-refractivity contribution >= 4 is 36.3 Å². The normalized spacial score (nSPS) is 21.4. The fraction of sp³-hybridized carbons (Fsp3) is 0.778. The van der Waals surface area contributed by atoms with Crippen LogP contribution in [0.4, 0.5) is 0 Å². The fourth-order valence-corrected chi connectivity index (χ4v) is 4.17. The molecular formula is C18H30O5S2. The molecule has 3 unspecified atom stereocenters. The lowest BCUT2D eigenvalue weighted by molar-refractivity contribution is -0.150. The van der Waals surface area contributed by atoms with Crippen molar-refractivity contribution < 1.29 is 24.2 Å². The molecule has 0 spiro atoms. The quantitative estimate of drug-likeness (QED) is 0.245. The highest BCUT2D eigenvalue weighted by molar-refractivity contribution is 7.99. The van der Waals surface area contributed by atoms with Gasteiger partial charge in [0.15, 0.2) is 0 Å². The highest BCUT2D eigenvalue weighted by Gasteiger charge is 2.21. The minimum absolute atomic E-state index is 0.167. The van der Waals surface area contributed by atoms with Crippen LogP contribution in [-0.2, 0) is 19.1 Å². The summed E-state index contributed by atoms with van der Waals surface area (Å²) in [6.45, 7) is 4.60. The first-order chi connectivity index (χ1) is 11.9. The second kappa shape index (κ2) is 12.7. The van der Waals surface area contributed by atoms with Crippen molar-refractivity contribution in [2.45, 2.75) is 45.1 Å². The van der Waals surface area contributed by atoms with E-state index in [1.165, 1.54) is 32.6 Å². The minimum Gasteiger partial charge on any atom is -0.463 e. The van der Waals surface area contributed by atoms with E-state index >= 15 is 0 Å². The predicted molar refractivity (Wildman–Crippen MR) is 104 cm³/mol. The van der Waals surface area contributed by atoms with E-state index in [1.807, 2.05) is 0 Å². The monoisotopic (exact) mass is 390 g/mol. The molecule has 1 N–H and O–H groups in total. The second-order valence-electron chi connectivity index (χ2n) is 6.62. The molecule has 0 saturated heterocycles. The first kappa shape index (κ1) is 22.4. The molecule has 0 aromatic carbocycles. The van der Waals surface area contributed by atoms with E-state index in [4.69, 9.17) is 9.47 Å².